The number of carbonyl (C=O) groups excluding carboxylic acids is 1. The Bertz CT molecular complexity index is 855. The second kappa shape index (κ2) is 9.28. The highest BCUT2D eigenvalue weighted by molar-refractivity contribution is 6.07. The van der Waals surface area contributed by atoms with Gasteiger partial charge in [-0.1, -0.05) is 0 Å². The number of hydrogen-bond acceptors (Lipinski definition) is 6. The van der Waals surface area contributed by atoms with Crippen LogP contribution in [0.1, 0.15) is 15.9 Å². The lowest BCUT2D eigenvalue weighted by Crippen LogP contribution is -2.10. The minimum atomic E-state index is -1.10. The van der Waals surface area contributed by atoms with Gasteiger partial charge in [-0.3, -0.25) is 4.79 Å². The van der Waals surface area contributed by atoms with E-state index in [2.05, 4.69) is 0 Å². The standard InChI is InChI=1S/C20H20O7/c1-24-15-7-4-13(18(11-15)25-2)5-8-16(21)14-6-9-17(19(10-14)26-3)27-12-20(22)23/h4-11H,12H2,1-3H3,(H,22,23)/b8-5+. The van der Waals surface area contributed by atoms with Gasteiger partial charge in [0.25, 0.3) is 0 Å². The van der Waals surface area contributed by atoms with E-state index >= 15 is 0 Å². The Morgan fingerprint density at radius 2 is 1.67 bits per heavy atom. The number of allylic oxidation sites excluding steroid dienone is 1. The fourth-order valence-corrected chi connectivity index (χ4v) is 2.30. The summed E-state index contributed by atoms with van der Waals surface area (Å²) in [5.41, 5.74) is 1.10. The van der Waals surface area contributed by atoms with Gasteiger partial charge in [-0.15, -0.1) is 0 Å². The van der Waals surface area contributed by atoms with Gasteiger partial charge in [0.05, 0.1) is 21.3 Å². The molecule has 0 saturated carbocycles. The van der Waals surface area contributed by atoms with Crippen molar-refractivity contribution in [2.45, 2.75) is 0 Å². The van der Waals surface area contributed by atoms with Gasteiger partial charge >= 0.3 is 5.97 Å². The minimum absolute atomic E-state index is 0.247. The molecule has 2 rings (SSSR count). The van der Waals surface area contributed by atoms with Gasteiger partial charge in [0, 0.05) is 17.2 Å². The molecule has 0 spiro atoms. The fraction of sp³-hybridized carbons (Fsp3) is 0.200. The van der Waals surface area contributed by atoms with E-state index in [1.807, 2.05) is 0 Å². The molecule has 142 valence electrons. The number of ether oxygens (including phenoxy) is 4. The second-order valence-electron chi connectivity index (χ2n) is 5.35. The molecule has 7 heteroatoms. The van der Waals surface area contributed by atoms with E-state index in [0.29, 0.717) is 17.1 Å². The molecule has 0 amide bonds. The number of ketones is 1. The Morgan fingerprint density at radius 3 is 2.30 bits per heavy atom. The molecule has 0 unspecified atom stereocenters. The van der Waals surface area contributed by atoms with Gasteiger partial charge in [-0.05, 0) is 42.5 Å². The van der Waals surface area contributed by atoms with Crippen LogP contribution in [-0.2, 0) is 4.79 Å². The monoisotopic (exact) mass is 372 g/mol. The van der Waals surface area contributed by atoms with E-state index in [-0.39, 0.29) is 17.3 Å². The van der Waals surface area contributed by atoms with Crippen molar-refractivity contribution in [2.24, 2.45) is 0 Å². The van der Waals surface area contributed by atoms with E-state index in [1.54, 1.807) is 31.4 Å². The Morgan fingerprint density at radius 1 is 0.926 bits per heavy atom. The maximum Gasteiger partial charge on any atom is 0.341 e. The molecule has 27 heavy (non-hydrogen) atoms. The van der Waals surface area contributed by atoms with Crippen molar-refractivity contribution in [3.8, 4) is 23.0 Å². The first-order chi connectivity index (χ1) is 13.0. The van der Waals surface area contributed by atoms with Gasteiger partial charge in [0.2, 0.25) is 0 Å². The minimum Gasteiger partial charge on any atom is -0.497 e. The molecule has 2 aromatic carbocycles. The van der Waals surface area contributed by atoms with E-state index < -0.39 is 12.6 Å². The molecule has 0 atom stereocenters. The van der Waals surface area contributed by atoms with Crippen LogP contribution < -0.4 is 18.9 Å². The first-order valence-electron chi connectivity index (χ1n) is 7.95. The number of methoxy groups -OCH3 is 3. The number of hydrogen-bond donors (Lipinski definition) is 1. The summed E-state index contributed by atoms with van der Waals surface area (Å²) >= 11 is 0. The van der Waals surface area contributed by atoms with E-state index in [9.17, 15) is 9.59 Å². The molecule has 0 aromatic heterocycles. The van der Waals surface area contributed by atoms with Crippen molar-refractivity contribution in [1.29, 1.82) is 0 Å². The predicted octanol–water partition coefficient (Wildman–Crippen LogP) is 3.07. The largest absolute Gasteiger partial charge is 0.497 e. The molecule has 7 nitrogen and oxygen atoms in total. The summed E-state index contributed by atoms with van der Waals surface area (Å²) in [6.07, 6.45) is 3.05. The van der Waals surface area contributed by atoms with Crippen LogP contribution in [0.5, 0.6) is 23.0 Å². The lowest BCUT2D eigenvalue weighted by atomic mass is 10.1. The summed E-state index contributed by atoms with van der Waals surface area (Å²) in [5, 5.41) is 8.69. The maximum absolute atomic E-state index is 12.4. The smallest absolute Gasteiger partial charge is 0.341 e. The van der Waals surface area contributed by atoms with Crippen LogP contribution in [0.3, 0.4) is 0 Å². The van der Waals surface area contributed by atoms with Crippen LogP contribution >= 0.6 is 0 Å². The van der Waals surface area contributed by atoms with E-state index in [0.717, 1.165) is 5.56 Å². The molecular weight excluding hydrogens is 352 g/mol. The van der Waals surface area contributed by atoms with Gasteiger partial charge in [-0.2, -0.15) is 0 Å². The summed E-state index contributed by atoms with van der Waals surface area (Å²) in [4.78, 5) is 23.1. The molecule has 0 saturated heterocycles. The maximum atomic E-state index is 12.4. The summed E-state index contributed by atoms with van der Waals surface area (Å²) in [6.45, 7) is -0.499. The molecule has 0 bridgehead atoms. The molecule has 2 aromatic rings. The van der Waals surface area contributed by atoms with Crippen molar-refractivity contribution in [3.05, 3.63) is 53.6 Å². The van der Waals surface area contributed by atoms with Crippen LogP contribution in [0, 0.1) is 0 Å². The molecule has 0 fully saturated rings. The Hall–Kier alpha value is -3.48. The highest BCUT2D eigenvalue weighted by atomic mass is 16.5. The van der Waals surface area contributed by atoms with Gasteiger partial charge in [0.1, 0.15) is 11.5 Å². The normalized spacial score (nSPS) is 10.5. The molecule has 1 N–H and O–H groups in total. The summed E-state index contributed by atoms with van der Waals surface area (Å²) in [6, 6.07) is 9.81. The van der Waals surface area contributed by atoms with Crippen LogP contribution in [0.25, 0.3) is 6.08 Å². The molecule has 0 aliphatic rings. The average molecular weight is 372 g/mol. The Labute approximate surface area is 156 Å². The second-order valence-corrected chi connectivity index (χ2v) is 5.35. The number of carboxylic acids is 1. The van der Waals surface area contributed by atoms with Crippen molar-refractivity contribution in [2.75, 3.05) is 27.9 Å². The predicted molar refractivity (Wildman–Crippen MR) is 99.0 cm³/mol. The number of carbonyl (C=O) groups is 2. The highest BCUT2D eigenvalue weighted by Crippen LogP contribution is 2.29. The van der Waals surface area contributed by atoms with Crippen LogP contribution in [0.15, 0.2) is 42.5 Å². The zero-order valence-corrected chi connectivity index (χ0v) is 15.2. The quantitative estimate of drug-likeness (QED) is 0.534. The lowest BCUT2D eigenvalue weighted by Gasteiger charge is -2.10. The first kappa shape index (κ1) is 19.8. The summed E-state index contributed by atoms with van der Waals surface area (Å²) < 4.78 is 20.7. The van der Waals surface area contributed by atoms with Crippen LogP contribution in [-0.4, -0.2) is 44.8 Å². The zero-order chi connectivity index (χ0) is 19.8. The SMILES string of the molecule is COc1ccc(/C=C/C(=O)c2ccc(OCC(=O)O)c(OC)c2)c(OC)c1. The number of carboxylic acid groups (broad SMARTS) is 1. The molecule has 0 aliphatic heterocycles. The zero-order valence-electron chi connectivity index (χ0n) is 15.2. The lowest BCUT2D eigenvalue weighted by molar-refractivity contribution is -0.139. The third kappa shape index (κ3) is 5.24. The van der Waals surface area contributed by atoms with Crippen molar-refractivity contribution in [3.63, 3.8) is 0 Å². The summed E-state index contributed by atoms with van der Waals surface area (Å²) in [7, 11) is 4.51. The molecule has 0 radical (unpaired) electrons. The molecule has 0 aliphatic carbocycles. The third-order valence-electron chi connectivity index (χ3n) is 3.65. The highest BCUT2D eigenvalue weighted by Gasteiger charge is 2.11. The van der Waals surface area contributed by atoms with Crippen LogP contribution in [0.2, 0.25) is 0 Å². The fourth-order valence-electron chi connectivity index (χ4n) is 2.30. The van der Waals surface area contributed by atoms with Gasteiger partial charge in [-0.25, -0.2) is 4.79 Å². The first-order valence-corrected chi connectivity index (χ1v) is 7.95. The van der Waals surface area contributed by atoms with Crippen molar-refractivity contribution >= 4 is 17.8 Å². The van der Waals surface area contributed by atoms with Crippen molar-refractivity contribution in [1.82, 2.24) is 0 Å². The van der Waals surface area contributed by atoms with E-state index in [1.165, 1.54) is 38.5 Å². The average Bonchev–Trinajstić information content (AvgIpc) is 2.69. The number of benzene rings is 2. The molecular formula is C20H20O7. The van der Waals surface area contributed by atoms with Gasteiger partial charge in [0.15, 0.2) is 23.9 Å². The Balaban J connectivity index is 2.20. The topological polar surface area (TPSA) is 91.3 Å². The third-order valence-corrected chi connectivity index (χ3v) is 3.65. The van der Waals surface area contributed by atoms with Crippen molar-refractivity contribution < 1.29 is 33.6 Å². The number of aliphatic carboxylic acids is 1. The number of rotatable bonds is 9. The van der Waals surface area contributed by atoms with Crippen LogP contribution in [0.4, 0.5) is 0 Å². The Kier molecular flexibility index (Phi) is 6.82. The van der Waals surface area contributed by atoms with Gasteiger partial charge < -0.3 is 24.1 Å². The van der Waals surface area contributed by atoms with E-state index in [4.69, 9.17) is 24.1 Å². The summed E-state index contributed by atoms with van der Waals surface area (Å²) in [5.74, 6) is 0.393. The molecule has 0 heterocycles.